The third-order valence-corrected chi connectivity index (χ3v) is 2.94. The number of piperidine rings is 1. The van der Waals surface area contributed by atoms with E-state index in [1.165, 1.54) is 5.56 Å². The van der Waals surface area contributed by atoms with Crippen molar-refractivity contribution in [2.24, 2.45) is 0 Å². The maximum Gasteiger partial charge on any atom is 0.220 e. The van der Waals surface area contributed by atoms with Gasteiger partial charge in [-0.2, -0.15) is 0 Å². The molecule has 1 saturated heterocycles. The van der Waals surface area contributed by atoms with Crippen molar-refractivity contribution in [3.63, 3.8) is 0 Å². The van der Waals surface area contributed by atoms with Gasteiger partial charge in [0.15, 0.2) is 0 Å². The highest BCUT2D eigenvalue weighted by Gasteiger charge is 2.19. The Morgan fingerprint density at radius 1 is 1.62 bits per heavy atom. The normalized spacial score (nSPS) is 22.6. The first-order valence-corrected chi connectivity index (χ1v) is 5.68. The summed E-state index contributed by atoms with van der Waals surface area (Å²) >= 11 is 0. The van der Waals surface area contributed by atoms with E-state index in [2.05, 4.69) is 28.6 Å². The van der Waals surface area contributed by atoms with E-state index < -0.39 is 0 Å². The molecule has 2 N–H and O–H groups in total. The summed E-state index contributed by atoms with van der Waals surface area (Å²) in [5.41, 5.74) is 1.18. The van der Waals surface area contributed by atoms with Gasteiger partial charge in [0, 0.05) is 37.4 Å². The highest BCUT2D eigenvalue weighted by molar-refractivity contribution is 5.76. The molecule has 1 aromatic heterocycles. The second kappa shape index (κ2) is 5.07. The van der Waals surface area contributed by atoms with Gasteiger partial charge in [-0.05, 0) is 25.0 Å². The number of nitrogens with one attached hydrogen (secondary N) is 2. The van der Waals surface area contributed by atoms with Gasteiger partial charge in [-0.3, -0.25) is 9.78 Å². The Kier molecular flexibility index (Phi) is 3.51. The van der Waals surface area contributed by atoms with Crippen molar-refractivity contribution in [3.8, 4) is 0 Å². The van der Waals surface area contributed by atoms with Crippen LogP contribution < -0.4 is 10.6 Å². The van der Waals surface area contributed by atoms with Crippen LogP contribution in [0.5, 0.6) is 0 Å². The quantitative estimate of drug-likeness (QED) is 0.797. The summed E-state index contributed by atoms with van der Waals surface area (Å²) in [5.74, 6) is 0.159. The molecule has 4 nitrogen and oxygen atoms in total. The smallest absolute Gasteiger partial charge is 0.220 e. The van der Waals surface area contributed by atoms with Crippen LogP contribution in [-0.4, -0.2) is 23.5 Å². The summed E-state index contributed by atoms with van der Waals surface area (Å²) < 4.78 is 0. The number of nitrogens with zero attached hydrogens (tertiary/aromatic N) is 1. The SMILES string of the molecule is CC(NC1CCC(=O)NC1)c1cccnc1. The van der Waals surface area contributed by atoms with E-state index in [9.17, 15) is 4.79 Å². The van der Waals surface area contributed by atoms with E-state index in [0.717, 1.165) is 13.0 Å². The lowest BCUT2D eigenvalue weighted by atomic mass is 10.0. The summed E-state index contributed by atoms with van der Waals surface area (Å²) in [6.07, 6.45) is 5.18. The average Bonchev–Trinajstić information content (AvgIpc) is 2.33. The van der Waals surface area contributed by atoms with Gasteiger partial charge in [0.1, 0.15) is 0 Å². The summed E-state index contributed by atoms with van der Waals surface area (Å²) in [4.78, 5) is 15.1. The van der Waals surface area contributed by atoms with Crippen LogP contribution in [0.15, 0.2) is 24.5 Å². The molecule has 2 unspecified atom stereocenters. The predicted octanol–water partition coefficient (Wildman–Crippen LogP) is 1.01. The largest absolute Gasteiger partial charge is 0.355 e. The van der Waals surface area contributed by atoms with E-state index in [4.69, 9.17) is 0 Å². The number of carbonyl (C=O) groups excluding carboxylic acids is 1. The minimum atomic E-state index is 0.159. The second-order valence-corrected chi connectivity index (χ2v) is 4.21. The van der Waals surface area contributed by atoms with Crippen molar-refractivity contribution < 1.29 is 4.79 Å². The van der Waals surface area contributed by atoms with Crippen molar-refractivity contribution >= 4 is 5.91 Å². The maximum atomic E-state index is 11.0. The first kappa shape index (κ1) is 11.1. The molecule has 0 bridgehead atoms. The molecule has 0 radical (unpaired) electrons. The fraction of sp³-hybridized carbons (Fsp3) is 0.500. The maximum absolute atomic E-state index is 11.0. The van der Waals surface area contributed by atoms with Gasteiger partial charge in [-0.1, -0.05) is 6.07 Å². The standard InChI is InChI=1S/C12H17N3O/c1-9(10-3-2-6-13-7-10)15-11-4-5-12(16)14-8-11/h2-3,6-7,9,11,15H,4-5,8H2,1H3,(H,14,16). The predicted molar refractivity (Wildman–Crippen MR) is 61.8 cm³/mol. The number of pyridine rings is 1. The number of rotatable bonds is 3. The van der Waals surface area contributed by atoms with E-state index >= 15 is 0 Å². The first-order chi connectivity index (χ1) is 7.75. The molecule has 1 aromatic rings. The molecule has 2 rings (SSSR count). The van der Waals surface area contributed by atoms with Crippen LogP contribution in [0, 0.1) is 0 Å². The highest BCUT2D eigenvalue weighted by atomic mass is 16.1. The van der Waals surface area contributed by atoms with E-state index in [0.29, 0.717) is 12.5 Å². The lowest BCUT2D eigenvalue weighted by molar-refractivity contribution is -0.122. The summed E-state index contributed by atoms with van der Waals surface area (Å²) in [6.45, 7) is 2.84. The Hall–Kier alpha value is -1.42. The Balaban J connectivity index is 1.88. The zero-order valence-electron chi connectivity index (χ0n) is 9.44. The van der Waals surface area contributed by atoms with E-state index in [1.54, 1.807) is 6.20 Å². The third-order valence-electron chi connectivity index (χ3n) is 2.94. The molecular formula is C12H17N3O. The van der Waals surface area contributed by atoms with Crippen LogP contribution in [0.1, 0.15) is 31.4 Å². The van der Waals surface area contributed by atoms with Crippen molar-refractivity contribution in [3.05, 3.63) is 30.1 Å². The van der Waals surface area contributed by atoms with Crippen molar-refractivity contribution in [1.82, 2.24) is 15.6 Å². The lowest BCUT2D eigenvalue weighted by Crippen LogP contribution is -2.46. The van der Waals surface area contributed by atoms with E-state index in [1.807, 2.05) is 12.3 Å². The molecule has 2 heterocycles. The van der Waals surface area contributed by atoms with E-state index in [-0.39, 0.29) is 11.9 Å². The van der Waals surface area contributed by atoms with Crippen molar-refractivity contribution in [1.29, 1.82) is 0 Å². The average molecular weight is 219 g/mol. The summed E-state index contributed by atoms with van der Waals surface area (Å²) in [6, 6.07) is 4.64. The number of hydrogen-bond donors (Lipinski definition) is 2. The summed E-state index contributed by atoms with van der Waals surface area (Å²) in [5, 5.41) is 6.37. The second-order valence-electron chi connectivity index (χ2n) is 4.21. The molecular weight excluding hydrogens is 202 g/mol. The fourth-order valence-electron chi connectivity index (χ4n) is 1.96. The zero-order chi connectivity index (χ0) is 11.4. The number of aromatic nitrogens is 1. The molecule has 1 aliphatic rings. The van der Waals surface area contributed by atoms with Gasteiger partial charge in [-0.15, -0.1) is 0 Å². The minimum absolute atomic E-state index is 0.159. The number of carbonyl (C=O) groups is 1. The zero-order valence-corrected chi connectivity index (χ0v) is 9.44. The van der Waals surface area contributed by atoms with Crippen molar-refractivity contribution in [2.45, 2.75) is 31.8 Å². The highest BCUT2D eigenvalue weighted by Crippen LogP contribution is 2.13. The first-order valence-electron chi connectivity index (χ1n) is 5.68. The molecule has 0 aliphatic carbocycles. The summed E-state index contributed by atoms with van der Waals surface area (Å²) in [7, 11) is 0. The van der Waals surface area contributed by atoms with Crippen LogP contribution in [0.3, 0.4) is 0 Å². The Labute approximate surface area is 95.5 Å². The Bertz CT molecular complexity index is 343. The molecule has 0 saturated carbocycles. The van der Waals surface area contributed by atoms with Crippen LogP contribution in [-0.2, 0) is 4.79 Å². The van der Waals surface area contributed by atoms with Gasteiger partial charge in [0.25, 0.3) is 0 Å². The molecule has 16 heavy (non-hydrogen) atoms. The van der Waals surface area contributed by atoms with Crippen molar-refractivity contribution in [2.75, 3.05) is 6.54 Å². The topological polar surface area (TPSA) is 54.0 Å². The number of hydrogen-bond acceptors (Lipinski definition) is 3. The van der Waals surface area contributed by atoms with Crippen LogP contribution in [0.4, 0.5) is 0 Å². The number of amides is 1. The van der Waals surface area contributed by atoms with Gasteiger partial charge in [0.05, 0.1) is 0 Å². The van der Waals surface area contributed by atoms with Gasteiger partial charge < -0.3 is 10.6 Å². The van der Waals surface area contributed by atoms with Crippen LogP contribution in [0.25, 0.3) is 0 Å². The minimum Gasteiger partial charge on any atom is -0.355 e. The molecule has 0 spiro atoms. The fourth-order valence-corrected chi connectivity index (χ4v) is 1.96. The van der Waals surface area contributed by atoms with Crippen LogP contribution >= 0.6 is 0 Å². The molecule has 1 amide bonds. The molecule has 0 aromatic carbocycles. The van der Waals surface area contributed by atoms with Gasteiger partial charge in [-0.25, -0.2) is 0 Å². The Morgan fingerprint density at radius 2 is 2.50 bits per heavy atom. The van der Waals surface area contributed by atoms with Gasteiger partial charge >= 0.3 is 0 Å². The monoisotopic (exact) mass is 219 g/mol. The lowest BCUT2D eigenvalue weighted by Gasteiger charge is -2.27. The Morgan fingerprint density at radius 3 is 3.12 bits per heavy atom. The molecule has 86 valence electrons. The third kappa shape index (κ3) is 2.79. The van der Waals surface area contributed by atoms with Gasteiger partial charge in [0.2, 0.25) is 5.91 Å². The van der Waals surface area contributed by atoms with Crippen LogP contribution in [0.2, 0.25) is 0 Å². The molecule has 1 fully saturated rings. The molecule has 2 atom stereocenters. The molecule has 1 aliphatic heterocycles. The molecule has 4 heteroatoms.